The number of hydrogen-bond acceptors (Lipinski definition) is 4. The van der Waals surface area contributed by atoms with Crippen LogP contribution in [0.3, 0.4) is 0 Å². The first-order valence-electron chi connectivity index (χ1n) is 11.4. The lowest BCUT2D eigenvalue weighted by atomic mass is 9.65. The molecule has 0 saturated heterocycles. The summed E-state index contributed by atoms with van der Waals surface area (Å²) < 4.78 is 33.7. The number of aryl methyl sites for hydroxylation is 1. The summed E-state index contributed by atoms with van der Waals surface area (Å²) in [5.41, 5.74) is 3.28. The van der Waals surface area contributed by atoms with E-state index in [0.717, 1.165) is 28.9 Å². The normalized spacial score (nSPS) is 23.3. The number of aliphatic hydroxyl groups is 1. The number of rotatable bonds is 5. The minimum Gasteiger partial charge on any atom is -0.465 e. The van der Waals surface area contributed by atoms with Gasteiger partial charge in [0.2, 0.25) is 0 Å². The van der Waals surface area contributed by atoms with Gasteiger partial charge in [-0.15, -0.1) is 0 Å². The topological polar surface area (TPSA) is 64.3 Å². The summed E-state index contributed by atoms with van der Waals surface area (Å²) in [4.78, 5) is 12.1. The third-order valence-corrected chi connectivity index (χ3v) is 7.64. The average Bonchev–Trinajstić information content (AvgIpc) is 3.34. The first kappa shape index (κ1) is 22.5. The van der Waals surface area contributed by atoms with Crippen LogP contribution < -0.4 is 0 Å². The first-order chi connectivity index (χ1) is 16.2. The summed E-state index contributed by atoms with van der Waals surface area (Å²) in [6.07, 6.45) is 6.73. The van der Waals surface area contributed by atoms with Gasteiger partial charge in [0, 0.05) is 5.41 Å². The van der Waals surface area contributed by atoms with Crippen LogP contribution in [0.15, 0.2) is 54.2 Å². The van der Waals surface area contributed by atoms with Crippen LogP contribution in [0.5, 0.6) is 0 Å². The highest BCUT2D eigenvalue weighted by Crippen LogP contribution is 2.56. The van der Waals surface area contributed by atoms with Gasteiger partial charge in [0.05, 0.1) is 35.9 Å². The molecule has 0 amide bonds. The minimum atomic E-state index is -0.990. The number of hydrogen-bond donors (Lipinski definition) is 1. The van der Waals surface area contributed by atoms with Crippen molar-refractivity contribution in [2.45, 2.75) is 44.6 Å². The van der Waals surface area contributed by atoms with E-state index in [0.29, 0.717) is 31.2 Å². The Labute approximate surface area is 196 Å². The summed E-state index contributed by atoms with van der Waals surface area (Å²) in [5, 5.41) is 16.4. The molecule has 1 aromatic heterocycles. The average molecular weight is 465 g/mol. The molecule has 2 aliphatic carbocycles. The van der Waals surface area contributed by atoms with E-state index in [1.165, 1.54) is 31.4 Å². The Bertz CT molecular complexity index is 1300. The number of aromatic nitrogens is 2. The van der Waals surface area contributed by atoms with E-state index in [1.54, 1.807) is 22.9 Å². The van der Waals surface area contributed by atoms with Gasteiger partial charge in [-0.2, -0.15) is 5.10 Å². The molecule has 0 aliphatic heterocycles. The summed E-state index contributed by atoms with van der Waals surface area (Å²) >= 11 is 0. The van der Waals surface area contributed by atoms with Gasteiger partial charge in [0.1, 0.15) is 11.6 Å². The van der Waals surface area contributed by atoms with Crippen molar-refractivity contribution in [2.75, 3.05) is 7.11 Å². The third-order valence-electron chi connectivity index (χ3n) is 7.64. The second kappa shape index (κ2) is 8.17. The third kappa shape index (κ3) is 3.55. The van der Waals surface area contributed by atoms with Crippen molar-refractivity contribution in [3.63, 3.8) is 0 Å². The van der Waals surface area contributed by atoms with E-state index >= 15 is 0 Å². The predicted octanol–water partition coefficient (Wildman–Crippen LogP) is 5.04. The molecule has 1 N–H and O–H groups in total. The van der Waals surface area contributed by atoms with Gasteiger partial charge < -0.3 is 9.84 Å². The van der Waals surface area contributed by atoms with Crippen molar-refractivity contribution in [1.82, 2.24) is 9.78 Å². The number of methoxy groups -OCH3 is 1. The van der Waals surface area contributed by atoms with Gasteiger partial charge in [-0.3, -0.25) is 0 Å². The number of halogens is 2. The highest BCUT2D eigenvalue weighted by molar-refractivity contribution is 5.91. The molecule has 1 unspecified atom stereocenters. The van der Waals surface area contributed by atoms with Gasteiger partial charge >= 0.3 is 5.97 Å². The second-order valence-corrected chi connectivity index (χ2v) is 9.45. The van der Waals surface area contributed by atoms with Gasteiger partial charge in [-0.1, -0.05) is 18.6 Å². The van der Waals surface area contributed by atoms with E-state index in [-0.39, 0.29) is 11.4 Å². The number of esters is 1. The number of benzene rings is 2. The standard InChI is InChI=1S/C27H26F2N2O3/c1-26-15-18-16-30-31(22-7-5-20(28)6-8-22)24(18)13-19(26)10-12-27(26,33)11-9-17-3-4-21(29)14-23(17)25(32)34-2/h3-8,13-14,16,33H,9-12,15H2,1-2H3/t26?,27-/m0/s1. The molecule has 3 aromatic rings. The van der Waals surface area contributed by atoms with Crippen molar-refractivity contribution < 1.29 is 23.4 Å². The molecule has 5 nitrogen and oxygen atoms in total. The molecule has 0 spiro atoms. The van der Waals surface area contributed by atoms with E-state index in [1.807, 2.05) is 6.20 Å². The fourth-order valence-corrected chi connectivity index (χ4v) is 5.53. The first-order valence-corrected chi connectivity index (χ1v) is 11.4. The Morgan fingerprint density at radius 3 is 2.65 bits per heavy atom. The highest BCUT2D eigenvalue weighted by Gasteiger charge is 2.54. The molecule has 2 atom stereocenters. The van der Waals surface area contributed by atoms with E-state index < -0.39 is 22.8 Å². The van der Waals surface area contributed by atoms with Crippen LogP contribution in [0.4, 0.5) is 8.78 Å². The Morgan fingerprint density at radius 1 is 1.18 bits per heavy atom. The maximum atomic E-state index is 13.7. The number of carbonyl (C=O) groups excluding carboxylic acids is 1. The highest BCUT2D eigenvalue weighted by atomic mass is 19.1. The quantitative estimate of drug-likeness (QED) is 0.538. The maximum absolute atomic E-state index is 13.7. The van der Waals surface area contributed by atoms with Gasteiger partial charge in [-0.05, 0) is 85.7 Å². The molecule has 2 aromatic carbocycles. The van der Waals surface area contributed by atoms with Crippen LogP contribution in [-0.2, 0) is 17.6 Å². The van der Waals surface area contributed by atoms with Gasteiger partial charge in [-0.25, -0.2) is 18.3 Å². The van der Waals surface area contributed by atoms with Crippen LogP contribution >= 0.6 is 0 Å². The molecule has 7 heteroatoms. The Hall–Kier alpha value is -3.32. The van der Waals surface area contributed by atoms with Gasteiger partial charge in [0.15, 0.2) is 0 Å². The predicted molar refractivity (Wildman–Crippen MR) is 124 cm³/mol. The van der Waals surface area contributed by atoms with Crippen LogP contribution in [0.2, 0.25) is 0 Å². The fourth-order valence-electron chi connectivity index (χ4n) is 5.53. The van der Waals surface area contributed by atoms with Crippen molar-refractivity contribution >= 4 is 12.0 Å². The summed E-state index contributed by atoms with van der Waals surface area (Å²) in [5.74, 6) is -1.39. The summed E-state index contributed by atoms with van der Waals surface area (Å²) in [7, 11) is 1.27. The second-order valence-electron chi connectivity index (χ2n) is 9.45. The monoisotopic (exact) mass is 464 g/mol. The molecule has 1 heterocycles. The lowest BCUT2D eigenvalue weighted by molar-refractivity contribution is -0.0462. The molecule has 0 radical (unpaired) electrons. The largest absolute Gasteiger partial charge is 0.465 e. The molecular formula is C27H26F2N2O3. The van der Waals surface area contributed by atoms with Crippen LogP contribution in [0, 0.1) is 17.0 Å². The summed E-state index contributed by atoms with van der Waals surface area (Å²) in [6.45, 7) is 2.08. The van der Waals surface area contributed by atoms with Crippen molar-refractivity contribution in [3.05, 3.63) is 88.3 Å². The maximum Gasteiger partial charge on any atom is 0.338 e. The van der Waals surface area contributed by atoms with E-state index in [2.05, 4.69) is 18.1 Å². The molecular weight excluding hydrogens is 438 g/mol. The van der Waals surface area contributed by atoms with Crippen molar-refractivity contribution in [2.24, 2.45) is 5.41 Å². The Kier molecular flexibility index (Phi) is 5.40. The van der Waals surface area contributed by atoms with Crippen LogP contribution in [0.1, 0.15) is 53.4 Å². The SMILES string of the molecule is COC(=O)c1cc(F)ccc1CC[C@]1(O)CCC2=Cc3c(cnn3-c3ccc(F)cc3)CC21C. The number of fused-ring (bicyclic) bond motifs is 2. The van der Waals surface area contributed by atoms with Crippen LogP contribution in [0.25, 0.3) is 11.8 Å². The Balaban J connectivity index is 1.43. The minimum absolute atomic E-state index is 0.191. The van der Waals surface area contributed by atoms with Crippen molar-refractivity contribution in [3.8, 4) is 5.69 Å². The number of nitrogens with zero attached hydrogens (tertiary/aromatic N) is 2. The molecule has 2 aliphatic rings. The molecule has 5 rings (SSSR count). The van der Waals surface area contributed by atoms with Gasteiger partial charge in [0.25, 0.3) is 0 Å². The zero-order valence-electron chi connectivity index (χ0n) is 19.1. The lowest BCUT2D eigenvalue weighted by Gasteiger charge is -2.42. The molecule has 1 saturated carbocycles. The van der Waals surface area contributed by atoms with Crippen LogP contribution in [-0.4, -0.2) is 33.6 Å². The van der Waals surface area contributed by atoms with Crippen molar-refractivity contribution in [1.29, 1.82) is 0 Å². The summed E-state index contributed by atoms with van der Waals surface area (Å²) in [6, 6.07) is 10.3. The van der Waals surface area contributed by atoms with E-state index in [4.69, 9.17) is 4.74 Å². The molecule has 1 fully saturated rings. The zero-order valence-corrected chi connectivity index (χ0v) is 19.1. The number of ether oxygens (including phenoxy) is 1. The van der Waals surface area contributed by atoms with E-state index in [9.17, 15) is 18.7 Å². The number of carbonyl (C=O) groups is 1. The smallest absolute Gasteiger partial charge is 0.338 e. The lowest BCUT2D eigenvalue weighted by Crippen LogP contribution is -2.45. The zero-order chi connectivity index (χ0) is 24.1. The molecule has 176 valence electrons. The fraction of sp³-hybridized carbons (Fsp3) is 0.333. The molecule has 0 bridgehead atoms. The molecule has 34 heavy (non-hydrogen) atoms. The Morgan fingerprint density at radius 2 is 1.91 bits per heavy atom.